The Bertz CT molecular complexity index is 1050. The van der Waals surface area contributed by atoms with E-state index in [9.17, 15) is 4.79 Å². The number of hydrogen-bond donors (Lipinski definition) is 1. The van der Waals surface area contributed by atoms with E-state index in [-0.39, 0.29) is 11.9 Å². The minimum atomic E-state index is -0.187. The summed E-state index contributed by atoms with van der Waals surface area (Å²) in [4.78, 5) is 16.9. The van der Waals surface area contributed by atoms with Gasteiger partial charge in [-0.15, -0.1) is 11.3 Å². The van der Waals surface area contributed by atoms with Gasteiger partial charge in [-0.05, 0) is 87.0 Å². The van der Waals surface area contributed by atoms with Crippen molar-refractivity contribution in [3.05, 3.63) is 75.0 Å². The van der Waals surface area contributed by atoms with Crippen molar-refractivity contribution < 1.29 is 9.21 Å². The molecule has 1 fully saturated rings. The predicted octanol–water partition coefficient (Wildman–Crippen LogP) is 6.70. The van der Waals surface area contributed by atoms with Crippen LogP contribution in [-0.4, -0.2) is 23.9 Å². The van der Waals surface area contributed by atoms with E-state index in [1.807, 2.05) is 12.1 Å². The van der Waals surface area contributed by atoms with Crippen molar-refractivity contribution in [1.29, 1.82) is 0 Å². The number of carbonyl (C=O) groups is 1. The van der Waals surface area contributed by atoms with E-state index in [0.29, 0.717) is 5.76 Å². The van der Waals surface area contributed by atoms with Crippen LogP contribution in [0.4, 0.5) is 5.00 Å². The highest BCUT2D eigenvalue weighted by atomic mass is 35.5. The second-order valence-electron chi connectivity index (χ2n) is 8.44. The van der Waals surface area contributed by atoms with Crippen molar-refractivity contribution in [3.63, 3.8) is 0 Å². The standard InChI is InChI=1S/C25H27ClN2O2S/c26-18-9-6-8-17(16-18)23(28-13-4-1-5-14-28)22-19-10-2-3-12-21(19)31-25(22)27-24(29)20-11-7-15-30-20/h6-9,11,15-16,23H,1-5,10,12-14H2,(H,27,29)/t23-/m1/s1. The highest BCUT2D eigenvalue weighted by Crippen LogP contribution is 2.46. The van der Waals surface area contributed by atoms with Crippen LogP contribution in [0.25, 0.3) is 0 Å². The second kappa shape index (κ2) is 9.19. The van der Waals surface area contributed by atoms with Gasteiger partial charge in [0.1, 0.15) is 5.00 Å². The number of nitrogens with zero attached hydrogens (tertiary/aromatic N) is 1. The third-order valence-corrected chi connectivity index (χ3v) is 7.84. The van der Waals surface area contributed by atoms with Crippen LogP contribution < -0.4 is 5.32 Å². The molecule has 1 amide bonds. The Hall–Kier alpha value is -2.08. The van der Waals surface area contributed by atoms with E-state index < -0.39 is 0 Å². The first kappa shape index (κ1) is 20.8. The zero-order valence-electron chi connectivity index (χ0n) is 17.5. The van der Waals surface area contributed by atoms with Crippen LogP contribution in [0.2, 0.25) is 5.02 Å². The number of nitrogens with one attached hydrogen (secondary N) is 1. The maximum absolute atomic E-state index is 12.9. The summed E-state index contributed by atoms with van der Waals surface area (Å²) in [5.74, 6) is 0.155. The van der Waals surface area contributed by atoms with Gasteiger partial charge in [-0.2, -0.15) is 0 Å². The molecule has 1 aliphatic carbocycles. The number of thiophene rings is 1. The third kappa shape index (κ3) is 4.32. The van der Waals surface area contributed by atoms with Gasteiger partial charge in [0.25, 0.3) is 5.91 Å². The van der Waals surface area contributed by atoms with Crippen molar-refractivity contribution in [1.82, 2.24) is 4.90 Å². The van der Waals surface area contributed by atoms with E-state index in [0.717, 1.165) is 36.0 Å². The summed E-state index contributed by atoms with van der Waals surface area (Å²) in [7, 11) is 0. The molecule has 0 saturated carbocycles. The summed E-state index contributed by atoms with van der Waals surface area (Å²) >= 11 is 8.17. The molecule has 0 radical (unpaired) electrons. The molecule has 3 aromatic rings. The molecular formula is C25H27ClN2O2S. The number of aryl methyl sites for hydroxylation is 1. The molecule has 0 spiro atoms. The van der Waals surface area contributed by atoms with Crippen molar-refractivity contribution in [2.75, 3.05) is 18.4 Å². The number of benzene rings is 1. The molecule has 0 bridgehead atoms. The van der Waals surface area contributed by atoms with Crippen LogP contribution in [0.5, 0.6) is 0 Å². The second-order valence-corrected chi connectivity index (χ2v) is 9.98. The van der Waals surface area contributed by atoms with E-state index in [1.165, 1.54) is 59.9 Å². The van der Waals surface area contributed by atoms with Crippen LogP contribution in [0, 0.1) is 0 Å². The summed E-state index contributed by atoms with van der Waals surface area (Å²) in [6.07, 6.45) is 9.80. The van der Waals surface area contributed by atoms with E-state index in [2.05, 4.69) is 22.3 Å². The van der Waals surface area contributed by atoms with Gasteiger partial charge >= 0.3 is 0 Å². The number of carbonyl (C=O) groups excluding carboxylic acids is 1. The Labute approximate surface area is 192 Å². The Morgan fingerprint density at radius 1 is 1.06 bits per heavy atom. The van der Waals surface area contributed by atoms with Crippen molar-refractivity contribution in [2.24, 2.45) is 0 Å². The largest absolute Gasteiger partial charge is 0.459 e. The zero-order valence-corrected chi connectivity index (χ0v) is 19.1. The Balaban J connectivity index is 1.62. The van der Waals surface area contributed by atoms with Gasteiger partial charge in [0.2, 0.25) is 0 Å². The van der Waals surface area contributed by atoms with Gasteiger partial charge in [-0.25, -0.2) is 0 Å². The average Bonchev–Trinajstić information content (AvgIpc) is 3.44. The van der Waals surface area contributed by atoms with Crippen LogP contribution in [-0.2, 0) is 12.8 Å². The van der Waals surface area contributed by atoms with E-state index in [4.69, 9.17) is 16.0 Å². The predicted molar refractivity (Wildman–Crippen MR) is 126 cm³/mol. The highest BCUT2D eigenvalue weighted by Gasteiger charge is 2.33. The summed E-state index contributed by atoms with van der Waals surface area (Å²) < 4.78 is 5.35. The molecule has 1 saturated heterocycles. The number of rotatable bonds is 5. The van der Waals surface area contributed by atoms with Crippen LogP contribution in [0.1, 0.15) is 70.3 Å². The average molecular weight is 455 g/mol. The minimum Gasteiger partial charge on any atom is -0.459 e. The van der Waals surface area contributed by atoms with Crippen LogP contribution >= 0.6 is 22.9 Å². The Morgan fingerprint density at radius 3 is 2.68 bits per heavy atom. The Morgan fingerprint density at radius 2 is 1.90 bits per heavy atom. The van der Waals surface area contributed by atoms with Gasteiger partial charge in [-0.1, -0.05) is 30.2 Å². The monoisotopic (exact) mass is 454 g/mol. The fourth-order valence-electron chi connectivity index (χ4n) is 4.96. The molecule has 5 rings (SSSR count). The molecule has 6 heteroatoms. The van der Waals surface area contributed by atoms with Crippen molar-refractivity contribution in [3.8, 4) is 0 Å². The lowest BCUT2D eigenvalue weighted by atomic mass is 9.88. The minimum absolute atomic E-state index is 0.101. The summed E-state index contributed by atoms with van der Waals surface area (Å²) in [6, 6.07) is 11.8. The molecular weight excluding hydrogens is 428 g/mol. The number of halogens is 1. The van der Waals surface area contributed by atoms with Gasteiger partial charge in [-0.3, -0.25) is 9.69 Å². The number of anilines is 1. The Kier molecular flexibility index (Phi) is 6.17. The molecule has 4 nitrogen and oxygen atoms in total. The number of hydrogen-bond acceptors (Lipinski definition) is 4. The number of furan rings is 1. The van der Waals surface area contributed by atoms with Gasteiger partial charge in [0.05, 0.1) is 12.3 Å². The number of amides is 1. The molecule has 1 atom stereocenters. The molecule has 2 aliphatic rings. The lowest BCUT2D eigenvalue weighted by molar-refractivity contribution is 0.0996. The highest BCUT2D eigenvalue weighted by molar-refractivity contribution is 7.16. The number of fused-ring (bicyclic) bond motifs is 1. The summed E-state index contributed by atoms with van der Waals surface area (Å²) in [6.45, 7) is 2.13. The topological polar surface area (TPSA) is 45.5 Å². The molecule has 0 unspecified atom stereocenters. The fourth-order valence-corrected chi connectivity index (χ4v) is 6.47. The van der Waals surface area contributed by atoms with Crippen LogP contribution in [0.15, 0.2) is 47.1 Å². The third-order valence-electron chi connectivity index (χ3n) is 6.38. The van der Waals surface area contributed by atoms with Crippen molar-refractivity contribution in [2.45, 2.75) is 51.0 Å². The van der Waals surface area contributed by atoms with Gasteiger partial charge in [0, 0.05) is 15.5 Å². The van der Waals surface area contributed by atoms with Gasteiger partial charge in [0.15, 0.2) is 5.76 Å². The summed E-state index contributed by atoms with van der Waals surface area (Å²) in [5.41, 5.74) is 3.90. The van der Waals surface area contributed by atoms with Gasteiger partial charge < -0.3 is 9.73 Å². The first-order valence-corrected chi connectivity index (χ1v) is 12.4. The number of piperidine rings is 1. The SMILES string of the molecule is O=C(Nc1sc2c(c1[C@@H](c1cccc(Cl)c1)N1CCCCC1)CCCC2)c1ccco1. The van der Waals surface area contributed by atoms with Crippen LogP contribution in [0.3, 0.4) is 0 Å². The molecule has 2 aromatic heterocycles. The normalized spacial score (nSPS) is 17.8. The fraction of sp³-hybridized carbons (Fsp3) is 0.400. The molecule has 162 valence electrons. The lowest BCUT2D eigenvalue weighted by Gasteiger charge is -2.36. The van der Waals surface area contributed by atoms with Crippen molar-refractivity contribution >= 4 is 33.8 Å². The molecule has 3 heterocycles. The molecule has 1 aliphatic heterocycles. The van der Waals surface area contributed by atoms with E-state index in [1.54, 1.807) is 23.5 Å². The molecule has 1 N–H and O–H groups in total. The quantitative estimate of drug-likeness (QED) is 0.466. The number of likely N-dealkylation sites (tertiary alicyclic amines) is 1. The first-order chi connectivity index (χ1) is 15.2. The maximum atomic E-state index is 12.9. The zero-order chi connectivity index (χ0) is 21.2. The molecule has 1 aromatic carbocycles. The first-order valence-electron chi connectivity index (χ1n) is 11.2. The molecule has 31 heavy (non-hydrogen) atoms. The summed E-state index contributed by atoms with van der Waals surface area (Å²) in [5, 5.41) is 4.92. The lowest BCUT2D eigenvalue weighted by Crippen LogP contribution is -2.35. The van der Waals surface area contributed by atoms with E-state index >= 15 is 0 Å². The maximum Gasteiger partial charge on any atom is 0.291 e. The smallest absolute Gasteiger partial charge is 0.291 e.